The summed E-state index contributed by atoms with van der Waals surface area (Å²) < 4.78 is 5.83. The van der Waals surface area contributed by atoms with Crippen LogP contribution in [-0.4, -0.2) is 5.78 Å². The minimum atomic E-state index is -0.162. The van der Waals surface area contributed by atoms with Gasteiger partial charge in [-0.1, -0.05) is 42.5 Å². The van der Waals surface area contributed by atoms with E-state index in [-0.39, 0.29) is 11.7 Å². The van der Waals surface area contributed by atoms with Crippen LogP contribution in [0.3, 0.4) is 0 Å². The Hall–Kier alpha value is -2.35. The third-order valence-electron chi connectivity index (χ3n) is 3.81. The Kier molecular flexibility index (Phi) is 2.12. The molecule has 0 spiro atoms. The smallest absolute Gasteiger partial charge is 0.174 e. The molecule has 92 valence electrons. The second-order valence-corrected chi connectivity index (χ2v) is 4.96. The average Bonchev–Trinajstić information content (AvgIpc) is 3.00. The summed E-state index contributed by atoms with van der Waals surface area (Å²) in [5.41, 5.74) is 2.81. The first kappa shape index (κ1) is 10.6. The van der Waals surface area contributed by atoms with Crippen LogP contribution < -0.4 is 0 Å². The standard InChI is InChI=1S/C17H12O2/c18-17-13-7-3-1-5-11(13)9-14(17)16-10-12-6-2-4-8-15(12)19-16/h1-8,10,14H,9H2. The second-order valence-electron chi connectivity index (χ2n) is 4.96. The van der Waals surface area contributed by atoms with Crippen LogP contribution in [0, 0.1) is 0 Å². The zero-order valence-corrected chi connectivity index (χ0v) is 10.3. The van der Waals surface area contributed by atoms with Crippen LogP contribution in [0.1, 0.15) is 27.6 Å². The summed E-state index contributed by atoms with van der Waals surface area (Å²) in [6.45, 7) is 0. The number of hydrogen-bond donors (Lipinski definition) is 0. The molecule has 19 heavy (non-hydrogen) atoms. The van der Waals surface area contributed by atoms with Crippen molar-refractivity contribution in [2.45, 2.75) is 12.3 Å². The van der Waals surface area contributed by atoms with Gasteiger partial charge in [-0.2, -0.15) is 0 Å². The molecule has 4 rings (SSSR count). The quantitative estimate of drug-likeness (QED) is 0.652. The van der Waals surface area contributed by atoms with Crippen LogP contribution in [0.4, 0.5) is 0 Å². The van der Waals surface area contributed by atoms with Gasteiger partial charge in [-0.05, 0) is 24.1 Å². The molecule has 2 nitrogen and oxygen atoms in total. The Bertz CT molecular complexity index is 750. The zero-order valence-electron chi connectivity index (χ0n) is 10.3. The normalized spacial score (nSPS) is 17.9. The van der Waals surface area contributed by atoms with Crippen molar-refractivity contribution in [3.05, 3.63) is 71.5 Å². The number of rotatable bonds is 1. The molecule has 2 aromatic carbocycles. The van der Waals surface area contributed by atoms with Gasteiger partial charge in [0.15, 0.2) is 5.78 Å². The van der Waals surface area contributed by atoms with E-state index in [2.05, 4.69) is 0 Å². The van der Waals surface area contributed by atoms with E-state index in [9.17, 15) is 4.79 Å². The minimum Gasteiger partial charge on any atom is -0.460 e. The van der Waals surface area contributed by atoms with Crippen molar-refractivity contribution in [3.63, 3.8) is 0 Å². The lowest BCUT2D eigenvalue weighted by Crippen LogP contribution is -2.05. The Morgan fingerprint density at radius 1 is 1.00 bits per heavy atom. The van der Waals surface area contributed by atoms with Crippen molar-refractivity contribution in [1.29, 1.82) is 0 Å². The van der Waals surface area contributed by atoms with Crippen LogP contribution in [0.25, 0.3) is 11.0 Å². The van der Waals surface area contributed by atoms with Crippen molar-refractivity contribution in [1.82, 2.24) is 0 Å². The summed E-state index contributed by atoms with van der Waals surface area (Å²) in [5.74, 6) is 0.793. The molecular weight excluding hydrogens is 236 g/mol. The third-order valence-corrected chi connectivity index (χ3v) is 3.81. The van der Waals surface area contributed by atoms with Gasteiger partial charge in [0.2, 0.25) is 0 Å². The number of carbonyl (C=O) groups is 1. The van der Waals surface area contributed by atoms with E-state index in [0.29, 0.717) is 0 Å². The summed E-state index contributed by atoms with van der Waals surface area (Å²) in [6, 6.07) is 17.7. The van der Waals surface area contributed by atoms with E-state index >= 15 is 0 Å². The zero-order chi connectivity index (χ0) is 12.8. The van der Waals surface area contributed by atoms with Gasteiger partial charge in [0.25, 0.3) is 0 Å². The molecule has 1 atom stereocenters. The van der Waals surface area contributed by atoms with Gasteiger partial charge in [-0.3, -0.25) is 4.79 Å². The van der Waals surface area contributed by atoms with Crippen LogP contribution in [-0.2, 0) is 6.42 Å². The second kappa shape index (κ2) is 3.82. The summed E-state index contributed by atoms with van der Waals surface area (Å²) in [7, 11) is 0. The SMILES string of the molecule is O=C1c2ccccc2CC1c1cc2ccccc2o1. The number of furan rings is 1. The number of fused-ring (bicyclic) bond motifs is 2. The topological polar surface area (TPSA) is 30.2 Å². The van der Waals surface area contributed by atoms with Gasteiger partial charge >= 0.3 is 0 Å². The van der Waals surface area contributed by atoms with Gasteiger partial charge in [0.05, 0.1) is 5.92 Å². The number of carbonyl (C=O) groups excluding carboxylic acids is 1. The molecule has 0 bridgehead atoms. The minimum absolute atomic E-state index is 0.162. The predicted octanol–water partition coefficient (Wildman–Crippen LogP) is 3.96. The monoisotopic (exact) mass is 248 g/mol. The Balaban J connectivity index is 1.81. The fraction of sp³-hybridized carbons (Fsp3) is 0.118. The summed E-state index contributed by atoms with van der Waals surface area (Å²) in [4.78, 5) is 12.4. The van der Waals surface area contributed by atoms with Crippen molar-refractivity contribution < 1.29 is 9.21 Å². The molecule has 0 saturated heterocycles. The predicted molar refractivity (Wildman–Crippen MR) is 73.4 cm³/mol. The Morgan fingerprint density at radius 3 is 2.63 bits per heavy atom. The first-order valence-corrected chi connectivity index (χ1v) is 6.43. The van der Waals surface area contributed by atoms with Gasteiger partial charge in [-0.15, -0.1) is 0 Å². The van der Waals surface area contributed by atoms with Gasteiger partial charge in [0.1, 0.15) is 11.3 Å². The molecule has 3 aromatic rings. The van der Waals surface area contributed by atoms with Crippen molar-refractivity contribution in [3.8, 4) is 0 Å². The van der Waals surface area contributed by atoms with Crippen LogP contribution in [0.5, 0.6) is 0 Å². The maximum Gasteiger partial charge on any atom is 0.174 e. The van der Waals surface area contributed by atoms with E-state index in [1.165, 1.54) is 0 Å². The van der Waals surface area contributed by atoms with E-state index in [4.69, 9.17) is 4.42 Å². The molecule has 1 unspecified atom stereocenters. The van der Waals surface area contributed by atoms with Gasteiger partial charge in [-0.25, -0.2) is 0 Å². The first-order chi connectivity index (χ1) is 9.33. The van der Waals surface area contributed by atoms with Gasteiger partial charge in [0, 0.05) is 10.9 Å². The first-order valence-electron chi connectivity index (χ1n) is 6.43. The lowest BCUT2D eigenvalue weighted by molar-refractivity contribution is 0.0965. The Morgan fingerprint density at radius 2 is 1.79 bits per heavy atom. The maximum absolute atomic E-state index is 12.4. The molecule has 1 aliphatic rings. The fourth-order valence-electron chi connectivity index (χ4n) is 2.84. The highest BCUT2D eigenvalue weighted by atomic mass is 16.3. The molecular formula is C17H12O2. The summed E-state index contributed by atoms with van der Waals surface area (Å²) >= 11 is 0. The highest BCUT2D eigenvalue weighted by Gasteiger charge is 2.33. The number of para-hydroxylation sites is 1. The van der Waals surface area contributed by atoms with Crippen molar-refractivity contribution in [2.24, 2.45) is 0 Å². The molecule has 0 N–H and O–H groups in total. The van der Waals surface area contributed by atoms with Crippen molar-refractivity contribution in [2.75, 3.05) is 0 Å². The van der Waals surface area contributed by atoms with Gasteiger partial charge < -0.3 is 4.42 Å². The molecule has 2 heteroatoms. The molecule has 1 aliphatic carbocycles. The molecule has 0 radical (unpaired) electrons. The fourth-order valence-corrected chi connectivity index (χ4v) is 2.84. The van der Waals surface area contributed by atoms with E-state index < -0.39 is 0 Å². The van der Waals surface area contributed by atoms with E-state index in [1.54, 1.807) is 0 Å². The third kappa shape index (κ3) is 1.53. The van der Waals surface area contributed by atoms with Crippen molar-refractivity contribution >= 4 is 16.8 Å². The maximum atomic E-state index is 12.4. The molecule has 0 aliphatic heterocycles. The molecule has 0 amide bonds. The molecule has 0 fully saturated rings. The molecule has 1 heterocycles. The largest absolute Gasteiger partial charge is 0.460 e. The van der Waals surface area contributed by atoms with Crippen LogP contribution in [0.2, 0.25) is 0 Å². The lowest BCUT2D eigenvalue weighted by Gasteiger charge is -2.02. The number of benzene rings is 2. The number of Topliss-reactive ketones (excluding diaryl/α,β-unsaturated/α-hetero) is 1. The summed E-state index contributed by atoms with van der Waals surface area (Å²) in [5, 5.41) is 1.06. The number of hydrogen-bond acceptors (Lipinski definition) is 2. The van der Waals surface area contributed by atoms with Crippen LogP contribution >= 0.6 is 0 Å². The number of ketones is 1. The van der Waals surface area contributed by atoms with Crippen LogP contribution in [0.15, 0.2) is 59.0 Å². The van der Waals surface area contributed by atoms with E-state index in [1.807, 2.05) is 54.6 Å². The average molecular weight is 248 g/mol. The molecule has 1 aromatic heterocycles. The summed E-state index contributed by atoms with van der Waals surface area (Å²) in [6.07, 6.45) is 0.745. The lowest BCUT2D eigenvalue weighted by atomic mass is 10.0. The molecule has 0 saturated carbocycles. The Labute approximate surface area is 110 Å². The highest BCUT2D eigenvalue weighted by Crippen LogP contribution is 2.36. The highest BCUT2D eigenvalue weighted by molar-refractivity contribution is 6.05. The van der Waals surface area contributed by atoms with E-state index in [0.717, 1.165) is 34.3 Å².